The van der Waals surface area contributed by atoms with Gasteiger partial charge in [-0.3, -0.25) is 0 Å². The summed E-state index contributed by atoms with van der Waals surface area (Å²) in [5, 5.41) is 2.14. The van der Waals surface area contributed by atoms with E-state index in [1.807, 2.05) is 6.92 Å². The first-order chi connectivity index (χ1) is 18.7. The fraction of sp³-hybridized carbons (Fsp3) is 0.0882. The molecule has 0 bridgehead atoms. The van der Waals surface area contributed by atoms with Gasteiger partial charge in [0.25, 0.3) is 0 Å². The Morgan fingerprint density at radius 2 is 1.34 bits per heavy atom. The van der Waals surface area contributed by atoms with E-state index in [1.165, 1.54) is 27.9 Å². The fourth-order valence-corrected chi connectivity index (χ4v) is 6.45. The van der Waals surface area contributed by atoms with Gasteiger partial charge in [-0.25, -0.2) is 4.98 Å². The predicted molar refractivity (Wildman–Crippen MR) is 153 cm³/mol. The van der Waals surface area contributed by atoms with Crippen LogP contribution in [0.4, 0.5) is 5.69 Å². The van der Waals surface area contributed by atoms with Crippen molar-refractivity contribution in [3.8, 4) is 11.1 Å². The minimum atomic E-state index is -0.574. The lowest BCUT2D eigenvalue weighted by molar-refractivity contribution is 0.256. The second kappa shape index (κ2) is 7.83. The van der Waals surface area contributed by atoms with Gasteiger partial charge in [0.1, 0.15) is 11.1 Å². The summed E-state index contributed by atoms with van der Waals surface area (Å²) in [6.45, 7) is 2.71. The predicted octanol–water partition coefficient (Wildman–Crippen LogP) is 7.81. The summed E-state index contributed by atoms with van der Waals surface area (Å²) < 4.78 is 6.63. The van der Waals surface area contributed by atoms with Crippen LogP contribution in [0.3, 0.4) is 0 Å². The third kappa shape index (κ3) is 2.77. The number of hydrogen-bond acceptors (Lipinski definition) is 4. The molecule has 3 heterocycles. The molecule has 2 aromatic heterocycles. The van der Waals surface area contributed by atoms with Gasteiger partial charge < -0.3 is 14.2 Å². The summed E-state index contributed by atoms with van der Waals surface area (Å²) in [4.78, 5) is 9.50. The van der Waals surface area contributed by atoms with Gasteiger partial charge in [0, 0.05) is 40.1 Å². The molecule has 1 aliphatic carbocycles. The molecule has 0 spiro atoms. The third-order valence-electron chi connectivity index (χ3n) is 8.07. The van der Waals surface area contributed by atoms with E-state index >= 15 is 0 Å². The van der Waals surface area contributed by atoms with Crippen LogP contribution >= 0.6 is 0 Å². The largest absolute Gasteiger partial charge is 0.437 e. The Labute approximate surface area is 221 Å². The number of aryl methyl sites for hydroxylation is 1. The monoisotopic (exact) mass is 491 g/mol. The SMILES string of the molecule is Cc1ccc2c(n1)oc1c(C3(N4C=CN(c5ccccc5)C4)c4ccccc4-c4ccccc43)cccc12. The molecule has 4 nitrogen and oxygen atoms in total. The van der Waals surface area contributed by atoms with Gasteiger partial charge in [0.05, 0.1) is 6.67 Å². The molecule has 0 saturated heterocycles. The van der Waals surface area contributed by atoms with Gasteiger partial charge in [-0.15, -0.1) is 0 Å². The molecule has 1 aliphatic heterocycles. The molecule has 0 unspecified atom stereocenters. The van der Waals surface area contributed by atoms with E-state index in [0.717, 1.165) is 27.6 Å². The molecular formula is C34H25N3O. The number of nitrogens with zero attached hydrogens (tertiary/aromatic N) is 3. The number of fused-ring (bicyclic) bond motifs is 6. The molecule has 0 amide bonds. The smallest absolute Gasteiger partial charge is 0.227 e. The minimum Gasteiger partial charge on any atom is -0.437 e. The normalized spacial score (nSPS) is 15.4. The van der Waals surface area contributed by atoms with Crippen LogP contribution in [-0.4, -0.2) is 16.6 Å². The van der Waals surface area contributed by atoms with E-state index < -0.39 is 5.54 Å². The molecule has 6 aromatic rings. The van der Waals surface area contributed by atoms with Gasteiger partial charge in [-0.2, -0.15) is 0 Å². The average Bonchev–Trinajstić information content (AvgIpc) is 3.67. The minimum absolute atomic E-state index is 0.574. The molecule has 4 heteroatoms. The number of furan rings is 1. The van der Waals surface area contributed by atoms with Crippen molar-refractivity contribution in [2.75, 3.05) is 11.6 Å². The zero-order valence-electron chi connectivity index (χ0n) is 21.0. The highest BCUT2D eigenvalue weighted by Gasteiger charge is 2.50. The summed E-state index contributed by atoms with van der Waals surface area (Å²) in [6, 6.07) is 38.9. The molecule has 2 aliphatic rings. The van der Waals surface area contributed by atoms with Crippen LogP contribution < -0.4 is 4.90 Å². The first-order valence-electron chi connectivity index (χ1n) is 13.0. The number of rotatable bonds is 3. The number of benzene rings is 4. The van der Waals surface area contributed by atoms with E-state index in [4.69, 9.17) is 9.40 Å². The van der Waals surface area contributed by atoms with Crippen molar-refractivity contribution in [1.82, 2.24) is 9.88 Å². The molecule has 0 atom stereocenters. The van der Waals surface area contributed by atoms with E-state index in [0.29, 0.717) is 12.4 Å². The number of anilines is 1. The maximum atomic E-state index is 6.63. The summed E-state index contributed by atoms with van der Waals surface area (Å²) in [7, 11) is 0. The van der Waals surface area contributed by atoms with Gasteiger partial charge in [0.15, 0.2) is 0 Å². The lowest BCUT2D eigenvalue weighted by Gasteiger charge is -2.42. The maximum absolute atomic E-state index is 6.63. The topological polar surface area (TPSA) is 32.5 Å². The number of hydrogen-bond donors (Lipinski definition) is 0. The Bertz CT molecular complexity index is 1840. The van der Waals surface area contributed by atoms with Crippen molar-refractivity contribution in [3.05, 3.63) is 144 Å². The van der Waals surface area contributed by atoms with E-state index in [2.05, 4.69) is 131 Å². The van der Waals surface area contributed by atoms with E-state index in [-0.39, 0.29) is 0 Å². The molecule has 0 N–H and O–H groups in total. The highest BCUT2D eigenvalue weighted by atomic mass is 16.3. The summed E-state index contributed by atoms with van der Waals surface area (Å²) >= 11 is 0. The Morgan fingerprint density at radius 1 is 0.658 bits per heavy atom. The van der Waals surface area contributed by atoms with Crippen LogP contribution in [0.25, 0.3) is 33.2 Å². The second-order valence-electron chi connectivity index (χ2n) is 10.1. The summed E-state index contributed by atoms with van der Waals surface area (Å²) in [5.74, 6) is 0. The first kappa shape index (κ1) is 21.3. The van der Waals surface area contributed by atoms with Crippen molar-refractivity contribution in [2.45, 2.75) is 12.5 Å². The first-order valence-corrected chi connectivity index (χ1v) is 13.0. The van der Waals surface area contributed by atoms with Gasteiger partial charge >= 0.3 is 0 Å². The summed E-state index contributed by atoms with van der Waals surface area (Å²) in [5.41, 5.74) is 9.29. The van der Waals surface area contributed by atoms with E-state index in [9.17, 15) is 0 Å². The standard InChI is InChI=1S/C34H25N3O/c1-23-18-19-28-27-14-9-17-31(32(27)38-33(28)35-23)34(37-21-20-36(22-37)24-10-3-2-4-11-24)29-15-7-5-12-25(29)26-13-6-8-16-30(26)34/h2-21H,22H2,1H3. The van der Waals surface area contributed by atoms with Crippen LogP contribution in [0.5, 0.6) is 0 Å². The fourth-order valence-electron chi connectivity index (χ4n) is 6.45. The second-order valence-corrected chi connectivity index (χ2v) is 10.1. The van der Waals surface area contributed by atoms with Crippen molar-refractivity contribution >= 4 is 27.8 Å². The Kier molecular flexibility index (Phi) is 4.38. The van der Waals surface area contributed by atoms with Crippen molar-refractivity contribution in [3.63, 3.8) is 0 Å². The molecule has 182 valence electrons. The molecular weight excluding hydrogens is 466 g/mol. The van der Waals surface area contributed by atoms with Crippen molar-refractivity contribution in [1.29, 1.82) is 0 Å². The van der Waals surface area contributed by atoms with E-state index in [1.54, 1.807) is 0 Å². The molecule has 8 rings (SSSR count). The van der Waals surface area contributed by atoms with Gasteiger partial charge in [-0.1, -0.05) is 84.9 Å². The van der Waals surface area contributed by atoms with Crippen LogP contribution in [0.15, 0.2) is 126 Å². The molecule has 0 saturated carbocycles. The van der Waals surface area contributed by atoms with Crippen LogP contribution in [0.2, 0.25) is 0 Å². The quantitative estimate of drug-likeness (QED) is 0.253. The van der Waals surface area contributed by atoms with Gasteiger partial charge in [-0.05, 0) is 53.4 Å². The number of aromatic nitrogens is 1. The van der Waals surface area contributed by atoms with Crippen LogP contribution in [-0.2, 0) is 5.54 Å². The number of pyridine rings is 1. The van der Waals surface area contributed by atoms with Crippen LogP contribution in [0, 0.1) is 6.92 Å². The highest BCUT2D eigenvalue weighted by molar-refractivity contribution is 6.05. The molecule has 4 aromatic carbocycles. The summed E-state index contributed by atoms with van der Waals surface area (Å²) in [6.07, 6.45) is 4.42. The molecule has 0 fully saturated rings. The van der Waals surface area contributed by atoms with Crippen molar-refractivity contribution in [2.24, 2.45) is 0 Å². The zero-order chi connectivity index (χ0) is 25.3. The average molecular weight is 492 g/mol. The third-order valence-corrected chi connectivity index (χ3v) is 8.07. The van der Waals surface area contributed by atoms with Gasteiger partial charge in [0.2, 0.25) is 5.71 Å². The van der Waals surface area contributed by atoms with Crippen molar-refractivity contribution < 1.29 is 4.42 Å². The molecule has 0 radical (unpaired) electrons. The lowest BCUT2D eigenvalue weighted by Crippen LogP contribution is -2.45. The zero-order valence-corrected chi connectivity index (χ0v) is 21.0. The molecule has 38 heavy (non-hydrogen) atoms. The maximum Gasteiger partial charge on any atom is 0.227 e. The number of para-hydroxylation sites is 2. The Hall–Kier alpha value is -4.83. The van der Waals surface area contributed by atoms with Crippen LogP contribution in [0.1, 0.15) is 22.4 Å². The highest BCUT2D eigenvalue weighted by Crippen LogP contribution is 2.56. The Morgan fingerprint density at radius 3 is 2.11 bits per heavy atom. The Balaban J connectivity index is 1.45. The lowest BCUT2D eigenvalue weighted by atomic mass is 9.78.